The number of aryl methyl sites for hydroxylation is 1. The zero-order chi connectivity index (χ0) is 23.8. The SMILES string of the molecule is CCC(=O)N1c2ccccc2NC2=C(C(=O)C[C@H](c3ccc(C)cc3)C2)[C@H]1c1cccc(Cl)c1. The number of para-hydroxylation sites is 2. The number of ketones is 1. The van der Waals surface area contributed by atoms with Gasteiger partial charge in [-0.1, -0.05) is 72.6 Å². The van der Waals surface area contributed by atoms with E-state index < -0.39 is 6.04 Å². The zero-order valence-corrected chi connectivity index (χ0v) is 20.1. The minimum Gasteiger partial charge on any atom is -0.357 e. The molecule has 0 radical (unpaired) electrons. The molecule has 0 unspecified atom stereocenters. The summed E-state index contributed by atoms with van der Waals surface area (Å²) in [6.45, 7) is 3.92. The number of carbonyl (C=O) groups is 2. The Morgan fingerprint density at radius 3 is 2.50 bits per heavy atom. The first kappa shape index (κ1) is 22.4. The molecule has 1 aliphatic carbocycles. The number of nitrogens with one attached hydrogen (secondary N) is 1. The standard InChI is InChI=1S/C29H27ClN2O2/c1-3-27(34)32-25-10-5-4-9-23(25)31-24-16-21(19-13-11-18(2)12-14-19)17-26(33)28(24)29(32)20-7-6-8-22(30)15-20/h4-15,21,29,31H,3,16-17H2,1-2H3/t21-,29-/m1/s1. The van der Waals surface area contributed by atoms with Gasteiger partial charge in [-0.05, 0) is 54.7 Å². The van der Waals surface area contributed by atoms with Crippen molar-refractivity contribution in [3.63, 3.8) is 0 Å². The van der Waals surface area contributed by atoms with Crippen LogP contribution in [0.25, 0.3) is 0 Å². The molecule has 5 rings (SSSR count). The molecule has 1 aliphatic heterocycles. The average molecular weight is 471 g/mol. The number of benzene rings is 3. The highest BCUT2D eigenvalue weighted by molar-refractivity contribution is 6.30. The summed E-state index contributed by atoms with van der Waals surface area (Å²) in [6, 6.07) is 23.2. The van der Waals surface area contributed by atoms with Crippen LogP contribution >= 0.6 is 11.6 Å². The Morgan fingerprint density at radius 1 is 1.00 bits per heavy atom. The molecule has 0 bridgehead atoms. The summed E-state index contributed by atoms with van der Waals surface area (Å²) in [5, 5.41) is 4.14. The van der Waals surface area contributed by atoms with Gasteiger partial charge in [-0.2, -0.15) is 0 Å². The van der Waals surface area contributed by atoms with Crippen LogP contribution in [-0.4, -0.2) is 11.7 Å². The topological polar surface area (TPSA) is 49.4 Å². The second-order valence-electron chi connectivity index (χ2n) is 9.05. The monoisotopic (exact) mass is 470 g/mol. The highest BCUT2D eigenvalue weighted by Crippen LogP contribution is 2.47. The number of fused-ring (bicyclic) bond motifs is 1. The lowest BCUT2D eigenvalue weighted by molar-refractivity contribution is -0.119. The molecular weight excluding hydrogens is 444 g/mol. The van der Waals surface area contributed by atoms with E-state index in [2.05, 4.69) is 36.5 Å². The quantitative estimate of drug-likeness (QED) is 0.450. The molecule has 4 nitrogen and oxygen atoms in total. The highest BCUT2D eigenvalue weighted by atomic mass is 35.5. The maximum atomic E-state index is 13.8. The van der Waals surface area contributed by atoms with Gasteiger partial charge in [-0.15, -0.1) is 0 Å². The summed E-state index contributed by atoms with van der Waals surface area (Å²) in [7, 11) is 0. The van der Waals surface area contributed by atoms with E-state index in [-0.39, 0.29) is 17.6 Å². The van der Waals surface area contributed by atoms with E-state index in [1.165, 1.54) is 5.56 Å². The summed E-state index contributed by atoms with van der Waals surface area (Å²) >= 11 is 6.37. The van der Waals surface area contributed by atoms with Crippen molar-refractivity contribution in [2.75, 3.05) is 10.2 Å². The van der Waals surface area contributed by atoms with E-state index in [0.717, 1.165) is 28.2 Å². The third-order valence-corrected chi connectivity index (χ3v) is 7.01. The van der Waals surface area contributed by atoms with Crippen molar-refractivity contribution in [1.29, 1.82) is 0 Å². The normalized spacial score (nSPS) is 19.7. The van der Waals surface area contributed by atoms with Gasteiger partial charge in [0, 0.05) is 29.1 Å². The van der Waals surface area contributed by atoms with Crippen LogP contribution in [0.2, 0.25) is 5.02 Å². The molecule has 1 amide bonds. The van der Waals surface area contributed by atoms with Crippen molar-refractivity contribution in [1.82, 2.24) is 0 Å². The van der Waals surface area contributed by atoms with Crippen LogP contribution < -0.4 is 10.2 Å². The molecule has 3 aromatic rings. The maximum Gasteiger partial charge on any atom is 0.227 e. The van der Waals surface area contributed by atoms with Crippen LogP contribution in [0.3, 0.4) is 0 Å². The Balaban J connectivity index is 1.70. The Labute approximate surface area is 205 Å². The van der Waals surface area contributed by atoms with Crippen LogP contribution in [0.5, 0.6) is 0 Å². The molecule has 172 valence electrons. The second-order valence-corrected chi connectivity index (χ2v) is 9.48. The fraction of sp³-hybridized carbons (Fsp3) is 0.241. The molecule has 0 saturated heterocycles. The first-order chi connectivity index (χ1) is 16.5. The van der Waals surface area contributed by atoms with Crippen molar-refractivity contribution in [2.24, 2.45) is 0 Å². The van der Waals surface area contributed by atoms with Gasteiger partial charge in [0.05, 0.1) is 17.4 Å². The number of allylic oxidation sites excluding steroid dienone is 1. The number of anilines is 2. The number of hydrogen-bond acceptors (Lipinski definition) is 3. The predicted molar refractivity (Wildman–Crippen MR) is 137 cm³/mol. The van der Waals surface area contributed by atoms with Crippen LogP contribution in [-0.2, 0) is 9.59 Å². The Hall–Kier alpha value is -3.37. The van der Waals surface area contributed by atoms with E-state index in [1.54, 1.807) is 4.90 Å². The van der Waals surface area contributed by atoms with Crippen LogP contribution in [0, 0.1) is 6.92 Å². The highest BCUT2D eigenvalue weighted by Gasteiger charge is 2.41. The number of halogens is 1. The Bertz CT molecular complexity index is 1300. The molecule has 3 aromatic carbocycles. The first-order valence-electron chi connectivity index (χ1n) is 11.7. The van der Waals surface area contributed by atoms with Gasteiger partial charge in [0.2, 0.25) is 5.91 Å². The van der Waals surface area contributed by atoms with Gasteiger partial charge < -0.3 is 5.32 Å². The van der Waals surface area contributed by atoms with E-state index >= 15 is 0 Å². The third kappa shape index (κ3) is 4.03. The number of rotatable bonds is 3. The molecule has 0 fully saturated rings. The summed E-state index contributed by atoms with van der Waals surface area (Å²) in [6.07, 6.45) is 1.43. The third-order valence-electron chi connectivity index (χ3n) is 6.77. The molecule has 34 heavy (non-hydrogen) atoms. The Morgan fingerprint density at radius 2 is 1.76 bits per heavy atom. The molecule has 2 atom stereocenters. The molecule has 5 heteroatoms. The molecule has 0 saturated carbocycles. The van der Waals surface area contributed by atoms with E-state index in [0.29, 0.717) is 29.9 Å². The van der Waals surface area contributed by atoms with E-state index in [9.17, 15) is 9.59 Å². The van der Waals surface area contributed by atoms with Gasteiger partial charge in [0.1, 0.15) is 0 Å². The summed E-state index contributed by atoms with van der Waals surface area (Å²) in [4.78, 5) is 29.0. The van der Waals surface area contributed by atoms with Crippen LogP contribution in [0.4, 0.5) is 11.4 Å². The van der Waals surface area contributed by atoms with E-state index in [4.69, 9.17) is 11.6 Å². The van der Waals surface area contributed by atoms with E-state index in [1.807, 2.05) is 55.5 Å². The van der Waals surface area contributed by atoms with Crippen LogP contribution in [0.1, 0.15) is 54.8 Å². The lowest BCUT2D eigenvalue weighted by atomic mass is 9.78. The molecular formula is C29H27ClN2O2. The minimum atomic E-state index is -0.538. The Kier molecular flexibility index (Phi) is 6.01. The zero-order valence-electron chi connectivity index (χ0n) is 19.3. The lowest BCUT2D eigenvalue weighted by Crippen LogP contribution is -2.38. The van der Waals surface area contributed by atoms with Gasteiger partial charge >= 0.3 is 0 Å². The molecule has 1 N–H and O–H groups in total. The second kappa shape index (κ2) is 9.11. The summed E-state index contributed by atoms with van der Waals surface area (Å²) < 4.78 is 0. The van der Waals surface area contributed by atoms with Gasteiger partial charge in [0.25, 0.3) is 0 Å². The first-order valence-corrected chi connectivity index (χ1v) is 12.1. The molecule has 0 spiro atoms. The fourth-order valence-electron chi connectivity index (χ4n) is 5.10. The number of carbonyl (C=O) groups excluding carboxylic acids is 2. The molecule has 2 aliphatic rings. The molecule has 1 heterocycles. The van der Waals surface area contributed by atoms with Crippen molar-refractivity contribution in [3.8, 4) is 0 Å². The van der Waals surface area contributed by atoms with Crippen molar-refractivity contribution in [2.45, 2.75) is 45.1 Å². The van der Waals surface area contributed by atoms with Crippen molar-refractivity contribution in [3.05, 3.63) is 106 Å². The number of Topliss-reactive ketones (excluding diaryl/α,β-unsaturated/α-hetero) is 1. The van der Waals surface area contributed by atoms with Gasteiger partial charge in [-0.3, -0.25) is 14.5 Å². The number of amides is 1. The fourth-order valence-corrected chi connectivity index (χ4v) is 5.30. The summed E-state index contributed by atoms with van der Waals surface area (Å²) in [5.74, 6) is 0.104. The van der Waals surface area contributed by atoms with Gasteiger partial charge in [0.15, 0.2) is 5.78 Å². The predicted octanol–water partition coefficient (Wildman–Crippen LogP) is 6.96. The smallest absolute Gasteiger partial charge is 0.227 e. The summed E-state index contributed by atoms with van der Waals surface area (Å²) in [5.41, 5.74) is 6.33. The maximum absolute atomic E-state index is 13.8. The number of hydrogen-bond donors (Lipinski definition) is 1. The lowest BCUT2D eigenvalue weighted by Gasteiger charge is -2.35. The largest absolute Gasteiger partial charge is 0.357 e. The number of nitrogens with zero attached hydrogens (tertiary/aromatic N) is 1. The minimum absolute atomic E-state index is 0.0403. The van der Waals surface area contributed by atoms with Crippen LogP contribution in [0.15, 0.2) is 84.1 Å². The van der Waals surface area contributed by atoms with Crippen molar-refractivity contribution >= 4 is 34.7 Å². The van der Waals surface area contributed by atoms with Gasteiger partial charge in [-0.25, -0.2) is 0 Å². The molecule has 0 aromatic heterocycles. The van der Waals surface area contributed by atoms with Crippen molar-refractivity contribution < 1.29 is 9.59 Å². The average Bonchev–Trinajstić information content (AvgIpc) is 2.98.